The number of pyridine rings is 1. The molecule has 2 amide bonds. The van der Waals surface area contributed by atoms with Crippen LogP contribution in [0.15, 0.2) is 57.9 Å². The standard InChI is InChI=1S/C15H14BrN3O3/c16-12-6-2-1-5-11(12)15(22)18-17-13(20)8-10-19-9-4-3-7-14(19)21/h1-7,9H,8,10H2,(H,17,20)(H,18,22). The molecule has 22 heavy (non-hydrogen) atoms. The van der Waals surface area contributed by atoms with E-state index in [0.29, 0.717) is 10.0 Å². The van der Waals surface area contributed by atoms with Crippen molar-refractivity contribution < 1.29 is 9.59 Å². The molecular formula is C15H14BrN3O3. The van der Waals surface area contributed by atoms with Gasteiger partial charge >= 0.3 is 0 Å². The summed E-state index contributed by atoms with van der Waals surface area (Å²) in [5, 5.41) is 0. The number of rotatable bonds is 4. The van der Waals surface area contributed by atoms with Gasteiger partial charge in [-0.15, -0.1) is 0 Å². The molecule has 0 aliphatic rings. The lowest BCUT2D eigenvalue weighted by Crippen LogP contribution is -2.42. The average molecular weight is 364 g/mol. The van der Waals surface area contributed by atoms with Crippen molar-refractivity contribution in [1.29, 1.82) is 0 Å². The largest absolute Gasteiger partial charge is 0.315 e. The number of aromatic nitrogens is 1. The van der Waals surface area contributed by atoms with Crippen molar-refractivity contribution in [2.45, 2.75) is 13.0 Å². The van der Waals surface area contributed by atoms with Crippen LogP contribution < -0.4 is 16.4 Å². The summed E-state index contributed by atoms with van der Waals surface area (Å²) in [6.45, 7) is 0.246. The summed E-state index contributed by atoms with van der Waals surface area (Å²) in [5.41, 5.74) is 4.90. The van der Waals surface area contributed by atoms with E-state index < -0.39 is 5.91 Å². The highest BCUT2D eigenvalue weighted by molar-refractivity contribution is 9.10. The van der Waals surface area contributed by atoms with Crippen molar-refractivity contribution in [3.8, 4) is 0 Å². The Morgan fingerprint density at radius 3 is 2.50 bits per heavy atom. The maximum absolute atomic E-state index is 11.9. The molecule has 0 saturated heterocycles. The van der Waals surface area contributed by atoms with E-state index in [0.717, 1.165) is 0 Å². The second-order valence-corrected chi connectivity index (χ2v) is 5.32. The Morgan fingerprint density at radius 1 is 1.05 bits per heavy atom. The van der Waals surface area contributed by atoms with Gasteiger partial charge in [-0.05, 0) is 34.1 Å². The van der Waals surface area contributed by atoms with Crippen molar-refractivity contribution in [2.24, 2.45) is 0 Å². The molecule has 114 valence electrons. The summed E-state index contributed by atoms with van der Waals surface area (Å²) in [6.07, 6.45) is 1.69. The number of aryl methyl sites for hydroxylation is 1. The maximum atomic E-state index is 11.9. The van der Waals surface area contributed by atoms with Crippen LogP contribution >= 0.6 is 15.9 Å². The molecule has 0 aliphatic heterocycles. The number of benzene rings is 1. The van der Waals surface area contributed by atoms with Crippen LogP contribution in [0.4, 0.5) is 0 Å². The highest BCUT2D eigenvalue weighted by atomic mass is 79.9. The lowest BCUT2D eigenvalue weighted by atomic mass is 10.2. The molecule has 0 aliphatic carbocycles. The Hall–Kier alpha value is -2.41. The number of nitrogens with one attached hydrogen (secondary N) is 2. The van der Waals surface area contributed by atoms with Crippen LogP contribution in [-0.4, -0.2) is 16.4 Å². The predicted octanol–water partition coefficient (Wildman–Crippen LogP) is 1.46. The lowest BCUT2D eigenvalue weighted by molar-refractivity contribution is -0.122. The third-order valence-electron chi connectivity index (χ3n) is 2.91. The Labute approximate surface area is 135 Å². The Balaban J connectivity index is 1.83. The molecule has 0 atom stereocenters. The van der Waals surface area contributed by atoms with Crippen LogP contribution in [-0.2, 0) is 11.3 Å². The molecule has 0 unspecified atom stereocenters. The molecule has 0 fully saturated rings. The van der Waals surface area contributed by atoms with E-state index in [1.54, 1.807) is 42.6 Å². The number of halogens is 1. The smallest absolute Gasteiger partial charge is 0.270 e. The van der Waals surface area contributed by atoms with E-state index in [2.05, 4.69) is 26.8 Å². The van der Waals surface area contributed by atoms with Gasteiger partial charge in [-0.25, -0.2) is 0 Å². The molecule has 7 heteroatoms. The SMILES string of the molecule is O=C(CCn1ccccc1=O)NNC(=O)c1ccccc1Br. The molecule has 0 saturated carbocycles. The molecule has 0 radical (unpaired) electrons. The zero-order valence-corrected chi connectivity index (χ0v) is 13.2. The van der Waals surface area contributed by atoms with Crippen LogP contribution in [0.3, 0.4) is 0 Å². The monoisotopic (exact) mass is 363 g/mol. The first-order chi connectivity index (χ1) is 10.6. The van der Waals surface area contributed by atoms with E-state index in [1.807, 2.05) is 0 Å². The van der Waals surface area contributed by atoms with Gasteiger partial charge in [0.25, 0.3) is 11.5 Å². The minimum atomic E-state index is -0.419. The minimum absolute atomic E-state index is 0.0835. The number of nitrogens with zero attached hydrogens (tertiary/aromatic N) is 1. The van der Waals surface area contributed by atoms with Gasteiger partial charge in [0.1, 0.15) is 0 Å². The molecule has 0 bridgehead atoms. The summed E-state index contributed by atoms with van der Waals surface area (Å²) >= 11 is 3.26. The van der Waals surface area contributed by atoms with Crippen molar-refractivity contribution >= 4 is 27.7 Å². The van der Waals surface area contributed by atoms with Gasteiger partial charge in [0.2, 0.25) is 5.91 Å². The van der Waals surface area contributed by atoms with Crippen molar-refractivity contribution in [2.75, 3.05) is 0 Å². The van der Waals surface area contributed by atoms with E-state index in [1.165, 1.54) is 10.6 Å². The van der Waals surface area contributed by atoms with E-state index in [9.17, 15) is 14.4 Å². The van der Waals surface area contributed by atoms with Gasteiger partial charge < -0.3 is 4.57 Å². The number of hydrogen-bond donors (Lipinski definition) is 2. The number of hydrogen-bond acceptors (Lipinski definition) is 3. The maximum Gasteiger partial charge on any atom is 0.270 e. The van der Waals surface area contributed by atoms with Gasteiger partial charge in [0.05, 0.1) is 5.56 Å². The fraction of sp³-hybridized carbons (Fsp3) is 0.133. The van der Waals surface area contributed by atoms with Crippen molar-refractivity contribution in [3.05, 3.63) is 69.1 Å². The quantitative estimate of drug-likeness (QED) is 0.807. The molecule has 1 aromatic heterocycles. The van der Waals surface area contributed by atoms with Crippen LogP contribution in [0, 0.1) is 0 Å². The Morgan fingerprint density at radius 2 is 1.77 bits per heavy atom. The molecule has 6 nitrogen and oxygen atoms in total. The molecule has 1 heterocycles. The topological polar surface area (TPSA) is 80.2 Å². The summed E-state index contributed by atoms with van der Waals surface area (Å²) in [5.74, 6) is -0.797. The first-order valence-electron chi connectivity index (χ1n) is 6.57. The third-order valence-corrected chi connectivity index (χ3v) is 3.60. The fourth-order valence-corrected chi connectivity index (χ4v) is 2.23. The molecule has 1 aromatic carbocycles. The number of carbonyl (C=O) groups is 2. The molecule has 2 rings (SSSR count). The molecule has 2 aromatic rings. The van der Waals surface area contributed by atoms with E-state index in [-0.39, 0.29) is 24.4 Å². The summed E-state index contributed by atoms with van der Waals surface area (Å²) < 4.78 is 2.06. The van der Waals surface area contributed by atoms with Gasteiger partial charge in [-0.2, -0.15) is 0 Å². The normalized spacial score (nSPS) is 10.0. The van der Waals surface area contributed by atoms with Gasteiger partial charge in [0.15, 0.2) is 0 Å². The molecule has 0 spiro atoms. The van der Waals surface area contributed by atoms with E-state index >= 15 is 0 Å². The van der Waals surface area contributed by atoms with Crippen LogP contribution in [0.25, 0.3) is 0 Å². The summed E-state index contributed by atoms with van der Waals surface area (Å²) in [7, 11) is 0. The fourth-order valence-electron chi connectivity index (χ4n) is 1.77. The van der Waals surface area contributed by atoms with Crippen molar-refractivity contribution in [3.63, 3.8) is 0 Å². The van der Waals surface area contributed by atoms with Gasteiger partial charge in [0, 0.05) is 29.7 Å². The average Bonchev–Trinajstić information content (AvgIpc) is 2.52. The number of carbonyl (C=O) groups excluding carboxylic acids is 2. The first kappa shape index (κ1) is 16.0. The summed E-state index contributed by atoms with van der Waals surface area (Å²) in [6, 6.07) is 11.7. The zero-order chi connectivity index (χ0) is 15.9. The Kier molecular flexibility index (Phi) is 5.48. The van der Waals surface area contributed by atoms with E-state index in [4.69, 9.17) is 0 Å². The first-order valence-corrected chi connectivity index (χ1v) is 7.36. The van der Waals surface area contributed by atoms with Crippen LogP contribution in [0.2, 0.25) is 0 Å². The third kappa shape index (κ3) is 4.29. The highest BCUT2D eigenvalue weighted by Crippen LogP contribution is 2.15. The van der Waals surface area contributed by atoms with Gasteiger partial charge in [-0.1, -0.05) is 18.2 Å². The highest BCUT2D eigenvalue weighted by Gasteiger charge is 2.10. The molecule has 2 N–H and O–H groups in total. The lowest BCUT2D eigenvalue weighted by Gasteiger charge is -2.09. The Bertz CT molecular complexity index is 743. The second kappa shape index (κ2) is 7.56. The molecular weight excluding hydrogens is 350 g/mol. The van der Waals surface area contributed by atoms with Gasteiger partial charge in [-0.3, -0.25) is 25.2 Å². The summed E-state index contributed by atoms with van der Waals surface area (Å²) in [4.78, 5) is 35.1. The van der Waals surface area contributed by atoms with Crippen molar-refractivity contribution in [1.82, 2.24) is 15.4 Å². The minimum Gasteiger partial charge on any atom is -0.315 e. The predicted molar refractivity (Wildman–Crippen MR) is 85.1 cm³/mol. The van der Waals surface area contributed by atoms with Crippen LogP contribution in [0.1, 0.15) is 16.8 Å². The van der Waals surface area contributed by atoms with Crippen LogP contribution in [0.5, 0.6) is 0 Å². The second-order valence-electron chi connectivity index (χ2n) is 4.46. The number of hydrazine groups is 1. The number of amides is 2. The zero-order valence-electron chi connectivity index (χ0n) is 11.6.